The van der Waals surface area contributed by atoms with Gasteiger partial charge in [0.15, 0.2) is 0 Å². The van der Waals surface area contributed by atoms with Crippen LogP contribution in [0.1, 0.15) is 69.2 Å². The Hall–Kier alpha value is -1.59. The summed E-state index contributed by atoms with van der Waals surface area (Å²) in [4.78, 5) is 15.9. The van der Waals surface area contributed by atoms with E-state index >= 15 is 0 Å². The third kappa shape index (κ3) is 5.43. The Morgan fingerprint density at radius 2 is 1.39 bits per heavy atom. The summed E-state index contributed by atoms with van der Waals surface area (Å²) in [7, 11) is 0. The van der Waals surface area contributed by atoms with E-state index in [-0.39, 0.29) is 36.0 Å². The minimum atomic E-state index is -0.335. The van der Waals surface area contributed by atoms with Gasteiger partial charge in [-0.05, 0) is 61.1 Å². The number of benzene rings is 2. The van der Waals surface area contributed by atoms with Crippen LogP contribution in [0.5, 0.6) is 0 Å². The van der Waals surface area contributed by atoms with E-state index in [1.54, 1.807) is 0 Å². The highest BCUT2D eigenvalue weighted by Gasteiger charge is 2.42. The number of nitrogens with two attached hydrogens (primary N) is 2. The Balaban J connectivity index is 2.18. The van der Waals surface area contributed by atoms with Crippen LogP contribution in [0, 0.1) is 5.92 Å². The summed E-state index contributed by atoms with van der Waals surface area (Å²) in [5.41, 5.74) is 15.2. The van der Waals surface area contributed by atoms with E-state index in [2.05, 4.69) is 0 Å². The molecular weight excluding hydrogens is 429 g/mol. The van der Waals surface area contributed by atoms with Crippen LogP contribution in [0.15, 0.2) is 48.5 Å². The van der Waals surface area contributed by atoms with Crippen LogP contribution in [0.25, 0.3) is 0 Å². The van der Waals surface area contributed by atoms with E-state index in [1.165, 1.54) is 0 Å². The van der Waals surface area contributed by atoms with Gasteiger partial charge in [0, 0.05) is 28.0 Å². The zero-order valence-electron chi connectivity index (χ0n) is 18.3. The van der Waals surface area contributed by atoms with Gasteiger partial charge in [-0.3, -0.25) is 4.79 Å². The van der Waals surface area contributed by atoms with Crippen LogP contribution in [0.4, 0.5) is 0 Å². The van der Waals surface area contributed by atoms with Crippen molar-refractivity contribution >= 4 is 29.1 Å². The van der Waals surface area contributed by atoms with Crippen molar-refractivity contribution in [1.82, 2.24) is 4.90 Å². The molecule has 4 unspecified atom stereocenters. The average molecular weight is 462 g/mol. The zero-order valence-corrected chi connectivity index (χ0v) is 19.8. The minimum Gasteiger partial charge on any atom is -0.326 e. The molecule has 2 aromatic rings. The van der Waals surface area contributed by atoms with Gasteiger partial charge >= 0.3 is 0 Å². The van der Waals surface area contributed by atoms with E-state index in [1.807, 2.05) is 67.3 Å². The lowest BCUT2D eigenvalue weighted by Crippen LogP contribution is -2.53. The summed E-state index contributed by atoms with van der Waals surface area (Å²) in [6.07, 6.45) is 4.32. The van der Waals surface area contributed by atoms with Gasteiger partial charge in [0.05, 0.1) is 12.1 Å². The summed E-state index contributed by atoms with van der Waals surface area (Å²) in [6, 6.07) is 14.1. The molecule has 0 saturated heterocycles. The molecule has 1 aliphatic carbocycles. The first-order valence-corrected chi connectivity index (χ1v) is 12.0. The average Bonchev–Trinajstić information content (AvgIpc) is 2.71. The van der Waals surface area contributed by atoms with E-state index < -0.39 is 0 Å². The quantitative estimate of drug-likeness (QED) is 0.489. The lowest BCUT2D eigenvalue weighted by atomic mass is 9.81. The van der Waals surface area contributed by atoms with Crippen molar-refractivity contribution in [3.63, 3.8) is 0 Å². The molecule has 1 fully saturated rings. The Labute approximate surface area is 195 Å². The predicted octanol–water partition coefficient (Wildman–Crippen LogP) is 5.88. The van der Waals surface area contributed by atoms with Gasteiger partial charge in [-0.15, -0.1) is 0 Å². The Kier molecular flexibility index (Phi) is 8.40. The third-order valence-electron chi connectivity index (χ3n) is 6.44. The molecule has 168 valence electrons. The van der Waals surface area contributed by atoms with E-state index in [9.17, 15) is 4.79 Å². The van der Waals surface area contributed by atoms with Crippen LogP contribution in [-0.2, 0) is 4.79 Å². The molecule has 0 spiro atoms. The maximum Gasteiger partial charge on any atom is 0.226 e. The van der Waals surface area contributed by atoms with Crippen molar-refractivity contribution in [3.05, 3.63) is 69.7 Å². The molecule has 31 heavy (non-hydrogen) atoms. The predicted molar refractivity (Wildman–Crippen MR) is 129 cm³/mol. The molecule has 4 nitrogen and oxygen atoms in total. The van der Waals surface area contributed by atoms with Gasteiger partial charge in [-0.1, -0.05) is 67.7 Å². The molecule has 4 atom stereocenters. The largest absolute Gasteiger partial charge is 0.326 e. The summed E-state index contributed by atoms with van der Waals surface area (Å²) in [6.45, 7) is 4.09. The van der Waals surface area contributed by atoms with Crippen molar-refractivity contribution in [3.8, 4) is 0 Å². The molecule has 1 amide bonds. The number of nitrogens with zero attached hydrogens (tertiary/aromatic N) is 1. The van der Waals surface area contributed by atoms with Crippen LogP contribution >= 0.6 is 23.2 Å². The second-order valence-electron chi connectivity index (χ2n) is 8.52. The molecule has 1 aliphatic rings. The van der Waals surface area contributed by atoms with Gasteiger partial charge in [-0.2, -0.15) is 0 Å². The minimum absolute atomic E-state index is 0.0106. The first kappa shape index (κ1) is 24.1. The Morgan fingerprint density at radius 1 is 0.935 bits per heavy atom. The standard InChI is InChI=1S/C25H33Cl2N3O/c1-3-21(28)23(17-10-6-12-19(26)14-17)30(25(31)16-8-5-9-16)24(22(29)4-2)18-11-7-13-20(27)15-18/h6-7,10-16,21-24H,3-5,8-9,28-29H2,1-2H3. The fourth-order valence-corrected chi connectivity index (χ4v) is 4.77. The molecule has 0 aromatic heterocycles. The van der Waals surface area contributed by atoms with Crippen LogP contribution < -0.4 is 11.5 Å². The number of hydrogen-bond donors (Lipinski definition) is 2. The van der Waals surface area contributed by atoms with Crippen molar-refractivity contribution in [2.45, 2.75) is 70.1 Å². The first-order chi connectivity index (χ1) is 14.9. The van der Waals surface area contributed by atoms with Crippen LogP contribution in [0.3, 0.4) is 0 Å². The maximum absolute atomic E-state index is 13.9. The Bertz CT molecular complexity index is 827. The molecule has 4 N–H and O–H groups in total. The lowest BCUT2D eigenvalue weighted by Gasteiger charge is -2.46. The molecule has 0 heterocycles. The molecule has 0 radical (unpaired) electrons. The number of rotatable bonds is 9. The number of carbonyl (C=O) groups is 1. The SMILES string of the molecule is CCC(N)C(c1cccc(Cl)c1)N(C(=O)C1CCC1)C(c1cccc(Cl)c1)C(N)CC. The molecule has 0 aliphatic heterocycles. The Morgan fingerprint density at radius 3 is 1.71 bits per heavy atom. The molecule has 1 saturated carbocycles. The van der Waals surface area contributed by atoms with Crippen LogP contribution in [-0.4, -0.2) is 22.9 Å². The molecule has 2 aromatic carbocycles. The van der Waals surface area contributed by atoms with E-state index in [4.69, 9.17) is 34.7 Å². The fourth-order valence-electron chi connectivity index (χ4n) is 4.37. The molecule has 3 rings (SSSR count). The number of hydrogen-bond acceptors (Lipinski definition) is 3. The van der Waals surface area contributed by atoms with Gasteiger partial charge in [0.25, 0.3) is 0 Å². The van der Waals surface area contributed by atoms with Gasteiger partial charge in [0.1, 0.15) is 0 Å². The summed E-state index contributed by atoms with van der Waals surface area (Å²) in [5, 5.41) is 1.25. The fraction of sp³-hybridized carbons (Fsp3) is 0.480. The van der Waals surface area contributed by atoms with Gasteiger partial charge in [0.2, 0.25) is 5.91 Å². The van der Waals surface area contributed by atoms with Gasteiger partial charge in [-0.25, -0.2) is 0 Å². The monoisotopic (exact) mass is 461 g/mol. The van der Waals surface area contributed by atoms with E-state index in [0.717, 1.165) is 43.2 Å². The summed E-state index contributed by atoms with van der Waals surface area (Å²) in [5.74, 6) is 0.130. The second-order valence-corrected chi connectivity index (χ2v) is 9.39. The molecule has 0 bridgehead atoms. The second kappa shape index (κ2) is 10.8. The van der Waals surface area contributed by atoms with Crippen molar-refractivity contribution in [2.24, 2.45) is 17.4 Å². The number of amides is 1. The van der Waals surface area contributed by atoms with E-state index in [0.29, 0.717) is 10.0 Å². The summed E-state index contributed by atoms with van der Waals surface area (Å²) < 4.78 is 0. The van der Waals surface area contributed by atoms with Gasteiger partial charge < -0.3 is 16.4 Å². The third-order valence-corrected chi connectivity index (χ3v) is 6.91. The van der Waals surface area contributed by atoms with Crippen LogP contribution in [0.2, 0.25) is 10.0 Å². The summed E-state index contributed by atoms with van der Waals surface area (Å²) >= 11 is 12.7. The number of carbonyl (C=O) groups excluding carboxylic acids is 1. The highest BCUT2D eigenvalue weighted by atomic mass is 35.5. The smallest absolute Gasteiger partial charge is 0.226 e. The van der Waals surface area contributed by atoms with Crippen molar-refractivity contribution < 1.29 is 4.79 Å². The number of halogens is 2. The zero-order chi connectivity index (χ0) is 22.5. The highest BCUT2D eigenvalue weighted by molar-refractivity contribution is 6.30. The first-order valence-electron chi connectivity index (χ1n) is 11.2. The van der Waals surface area contributed by atoms with Crippen molar-refractivity contribution in [2.75, 3.05) is 0 Å². The highest BCUT2D eigenvalue weighted by Crippen LogP contribution is 2.41. The van der Waals surface area contributed by atoms with Crippen molar-refractivity contribution in [1.29, 1.82) is 0 Å². The normalized spacial score (nSPS) is 18.0. The molecular formula is C25H33Cl2N3O. The topological polar surface area (TPSA) is 72.3 Å². The maximum atomic E-state index is 13.9. The lowest BCUT2D eigenvalue weighted by molar-refractivity contribution is -0.145. The molecule has 6 heteroatoms.